The van der Waals surface area contributed by atoms with Crippen LogP contribution in [0.5, 0.6) is 0 Å². The van der Waals surface area contributed by atoms with Crippen molar-refractivity contribution < 1.29 is 9.32 Å². The predicted molar refractivity (Wildman–Crippen MR) is 59.2 cm³/mol. The number of rotatable bonds is 2. The van der Waals surface area contributed by atoms with Gasteiger partial charge in [0.05, 0.1) is 0 Å². The highest BCUT2D eigenvalue weighted by Gasteiger charge is 2.12. The van der Waals surface area contributed by atoms with E-state index in [0.717, 1.165) is 11.1 Å². The number of nitrogens with zero attached hydrogens (tertiary/aromatic N) is 2. The lowest BCUT2D eigenvalue weighted by Crippen LogP contribution is -1.91. The van der Waals surface area contributed by atoms with Crippen molar-refractivity contribution in [2.75, 3.05) is 0 Å². The van der Waals surface area contributed by atoms with Gasteiger partial charge in [0.15, 0.2) is 0 Å². The van der Waals surface area contributed by atoms with Crippen LogP contribution in [0.4, 0.5) is 0 Å². The van der Waals surface area contributed by atoms with Gasteiger partial charge in [-0.2, -0.15) is 4.98 Å². The highest BCUT2D eigenvalue weighted by atomic mass is 16.5. The van der Waals surface area contributed by atoms with Crippen LogP contribution in [0.25, 0.3) is 11.4 Å². The Labute approximate surface area is 93.3 Å². The van der Waals surface area contributed by atoms with E-state index in [1.165, 1.54) is 12.5 Å². The van der Waals surface area contributed by atoms with Crippen molar-refractivity contribution >= 4 is 5.78 Å². The number of hydrogen-bond donors (Lipinski definition) is 0. The lowest BCUT2D eigenvalue weighted by atomic mass is 10.1. The van der Waals surface area contributed by atoms with E-state index in [2.05, 4.69) is 10.1 Å². The molecule has 0 saturated heterocycles. The highest BCUT2D eigenvalue weighted by molar-refractivity contribution is 5.89. The summed E-state index contributed by atoms with van der Waals surface area (Å²) in [6, 6.07) is 5.88. The van der Waals surface area contributed by atoms with E-state index >= 15 is 0 Å². The van der Waals surface area contributed by atoms with Crippen LogP contribution < -0.4 is 0 Å². The van der Waals surface area contributed by atoms with Crippen LogP contribution in [-0.4, -0.2) is 15.9 Å². The second-order valence-corrected chi connectivity index (χ2v) is 3.78. The van der Waals surface area contributed by atoms with Crippen LogP contribution in [-0.2, 0) is 0 Å². The van der Waals surface area contributed by atoms with Crippen molar-refractivity contribution in [3.63, 3.8) is 0 Å². The summed E-state index contributed by atoms with van der Waals surface area (Å²) in [4.78, 5) is 15.0. The molecule has 0 atom stereocenters. The first kappa shape index (κ1) is 10.5. The molecule has 0 radical (unpaired) electrons. The Hall–Kier alpha value is -1.97. The third-order valence-corrected chi connectivity index (χ3v) is 2.49. The fraction of sp³-hybridized carbons (Fsp3) is 0.250. The lowest BCUT2D eigenvalue weighted by Gasteiger charge is -2.00. The maximum absolute atomic E-state index is 11.0. The Kier molecular flexibility index (Phi) is 2.56. The molecule has 0 aliphatic rings. The van der Waals surface area contributed by atoms with Crippen LogP contribution in [0.2, 0.25) is 0 Å². The van der Waals surface area contributed by atoms with Crippen molar-refractivity contribution in [1.29, 1.82) is 0 Å². The van der Waals surface area contributed by atoms with Crippen LogP contribution >= 0.6 is 0 Å². The van der Waals surface area contributed by atoms with Gasteiger partial charge < -0.3 is 4.52 Å². The molecule has 16 heavy (non-hydrogen) atoms. The van der Waals surface area contributed by atoms with Gasteiger partial charge in [-0.15, -0.1) is 0 Å². The Morgan fingerprint density at radius 3 is 2.56 bits per heavy atom. The SMILES string of the molecule is CC(=O)c1nc(-c2ccc(C)c(C)c2)no1. The minimum atomic E-state index is -0.220. The van der Waals surface area contributed by atoms with Crippen molar-refractivity contribution in [2.24, 2.45) is 0 Å². The van der Waals surface area contributed by atoms with Crippen LogP contribution in [0, 0.1) is 13.8 Å². The summed E-state index contributed by atoms with van der Waals surface area (Å²) < 4.78 is 4.84. The molecule has 0 fully saturated rings. The average molecular weight is 216 g/mol. The van der Waals surface area contributed by atoms with Crippen molar-refractivity contribution in [2.45, 2.75) is 20.8 Å². The summed E-state index contributed by atoms with van der Waals surface area (Å²) in [7, 11) is 0. The molecule has 2 aromatic rings. The zero-order valence-corrected chi connectivity index (χ0v) is 9.44. The zero-order chi connectivity index (χ0) is 11.7. The number of hydrogen-bond acceptors (Lipinski definition) is 4. The number of aromatic nitrogens is 2. The van der Waals surface area contributed by atoms with E-state index in [0.29, 0.717) is 5.82 Å². The van der Waals surface area contributed by atoms with Gasteiger partial charge in [0.1, 0.15) is 0 Å². The fourth-order valence-electron chi connectivity index (χ4n) is 1.36. The number of carbonyl (C=O) groups excluding carboxylic acids is 1. The van der Waals surface area contributed by atoms with Crippen LogP contribution in [0.1, 0.15) is 28.7 Å². The van der Waals surface area contributed by atoms with Gasteiger partial charge in [0.2, 0.25) is 11.6 Å². The third-order valence-electron chi connectivity index (χ3n) is 2.49. The number of carbonyl (C=O) groups is 1. The molecular formula is C12H12N2O2. The molecule has 0 saturated carbocycles. The number of benzene rings is 1. The van der Waals surface area contributed by atoms with Gasteiger partial charge in [0, 0.05) is 12.5 Å². The first-order chi connectivity index (χ1) is 7.58. The van der Waals surface area contributed by atoms with E-state index in [1.54, 1.807) is 0 Å². The Bertz CT molecular complexity index is 544. The first-order valence-electron chi connectivity index (χ1n) is 5.00. The van der Waals surface area contributed by atoms with Crippen molar-refractivity contribution in [1.82, 2.24) is 10.1 Å². The van der Waals surface area contributed by atoms with Gasteiger partial charge in [-0.05, 0) is 31.0 Å². The molecule has 82 valence electrons. The quantitative estimate of drug-likeness (QED) is 0.724. The second kappa shape index (κ2) is 3.89. The Morgan fingerprint density at radius 2 is 2.00 bits per heavy atom. The molecule has 0 bridgehead atoms. The molecule has 0 N–H and O–H groups in total. The van der Waals surface area contributed by atoms with E-state index in [4.69, 9.17) is 4.52 Å². The molecule has 0 spiro atoms. The fourth-order valence-corrected chi connectivity index (χ4v) is 1.36. The minimum absolute atomic E-state index is 0.0493. The number of ketones is 1. The summed E-state index contributed by atoms with van der Waals surface area (Å²) in [5.41, 5.74) is 3.23. The largest absolute Gasteiger partial charge is 0.330 e. The first-order valence-corrected chi connectivity index (χ1v) is 5.00. The zero-order valence-electron chi connectivity index (χ0n) is 9.44. The summed E-state index contributed by atoms with van der Waals surface area (Å²) in [5, 5.41) is 3.77. The second-order valence-electron chi connectivity index (χ2n) is 3.78. The van der Waals surface area contributed by atoms with Gasteiger partial charge in [-0.1, -0.05) is 17.3 Å². The van der Waals surface area contributed by atoms with Crippen molar-refractivity contribution in [3.05, 3.63) is 35.2 Å². The summed E-state index contributed by atoms with van der Waals surface area (Å²) >= 11 is 0. The van der Waals surface area contributed by atoms with Crippen LogP contribution in [0.15, 0.2) is 22.7 Å². The van der Waals surface area contributed by atoms with E-state index < -0.39 is 0 Å². The molecule has 1 aromatic carbocycles. The van der Waals surface area contributed by atoms with Gasteiger partial charge >= 0.3 is 0 Å². The molecule has 4 heteroatoms. The standard InChI is InChI=1S/C12H12N2O2/c1-7-4-5-10(6-8(7)2)11-13-12(9(3)15)16-14-11/h4-6H,1-3H3. The predicted octanol–water partition coefficient (Wildman–Crippen LogP) is 2.56. The maximum atomic E-state index is 11.0. The van der Waals surface area contributed by atoms with Gasteiger partial charge in [-0.25, -0.2) is 0 Å². The molecule has 0 aliphatic heterocycles. The molecule has 0 unspecified atom stereocenters. The lowest BCUT2D eigenvalue weighted by molar-refractivity contribution is 0.0972. The van der Waals surface area contributed by atoms with Gasteiger partial charge in [0.25, 0.3) is 5.89 Å². The molecule has 1 heterocycles. The van der Waals surface area contributed by atoms with E-state index in [1.807, 2.05) is 32.0 Å². The molecular weight excluding hydrogens is 204 g/mol. The maximum Gasteiger partial charge on any atom is 0.294 e. The molecule has 1 aromatic heterocycles. The molecule has 0 aliphatic carbocycles. The van der Waals surface area contributed by atoms with Crippen molar-refractivity contribution in [3.8, 4) is 11.4 Å². The smallest absolute Gasteiger partial charge is 0.294 e. The summed E-state index contributed by atoms with van der Waals surface area (Å²) in [6.07, 6.45) is 0. The average Bonchev–Trinajstić information content (AvgIpc) is 2.71. The van der Waals surface area contributed by atoms with E-state index in [9.17, 15) is 4.79 Å². The van der Waals surface area contributed by atoms with Gasteiger partial charge in [-0.3, -0.25) is 4.79 Å². The monoisotopic (exact) mass is 216 g/mol. The molecule has 4 nitrogen and oxygen atoms in total. The summed E-state index contributed by atoms with van der Waals surface area (Å²) in [5.74, 6) is 0.282. The number of Topliss-reactive ketones (excluding diaryl/α,β-unsaturated/α-hetero) is 1. The normalized spacial score (nSPS) is 10.4. The number of aryl methyl sites for hydroxylation is 2. The third kappa shape index (κ3) is 1.86. The van der Waals surface area contributed by atoms with E-state index in [-0.39, 0.29) is 11.7 Å². The highest BCUT2D eigenvalue weighted by Crippen LogP contribution is 2.19. The summed E-state index contributed by atoms with van der Waals surface area (Å²) in [6.45, 7) is 5.46. The topological polar surface area (TPSA) is 56.0 Å². The Morgan fingerprint density at radius 1 is 1.25 bits per heavy atom. The van der Waals surface area contributed by atoms with Crippen LogP contribution in [0.3, 0.4) is 0 Å². The molecule has 0 amide bonds. The minimum Gasteiger partial charge on any atom is -0.330 e. The Balaban J connectivity index is 2.42. The molecule has 2 rings (SSSR count).